The van der Waals surface area contributed by atoms with E-state index in [1.807, 2.05) is 0 Å². The highest BCUT2D eigenvalue weighted by Crippen LogP contribution is 2.10. The number of hydrogen-bond donors (Lipinski definition) is 0. The van der Waals surface area contributed by atoms with Crippen molar-refractivity contribution in [1.29, 1.82) is 0 Å². The molecule has 8 heteroatoms. The quantitative estimate of drug-likeness (QED) is 0.434. The van der Waals surface area contributed by atoms with E-state index in [9.17, 15) is 8.42 Å². The second-order valence-corrected chi connectivity index (χ2v) is 12.2. The molecule has 0 aliphatic heterocycles. The second kappa shape index (κ2) is 12.1. The van der Waals surface area contributed by atoms with Crippen molar-refractivity contribution in [3.8, 4) is 0 Å². The first-order valence-electron chi connectivity index (χ1n) is 7.39. The van der Waals surface area contributed by atoms with Crippen LogP contribution >= 0.6 is 0 Å². The van der Waals surface area contributed by atoms with Crippen LogP contribution in [0, 0.1) is 0 Å². The lowest BCUT2D eigenvalue weighted by atomic mass is 10.1. The highest BCUT2D eigenvalue weighted by Gasteiger charge is 1.98. The van der Waals surface area contributed by atoms with Crippen molar-refractivity contribution in [2.75, 3.05) is 25.7 Å². The average Bonchev–Trinajstić information content (AvgIpc) is 2.32. The zero-order chi connectivity index (χ0) is 16.2. The van der Waals surface area contributed by atoms with Crippen LogP contribution in [0.4, 0.5) is 0 Å². The maximum absolute atomic E-state index is 11.1. The third-order valence-corrected chi connectivity index (χ3v) is 4.65. The van der Waals surface area contributed by atoms with Gasteiger partial charge in [0, 0.05) is 34.9 Å². The zero-order valence-electron chi connectivity index (χ0n) is 13.0. The third-order valence-electron chi connectivity index (χ3n) is 2.88. The van der Waals surface area contributed by atoms with E-state index in [4.69, 9.17) is 8.37 Å². The van der Waals surface area contributed by atoms with Gasteiger partial charge in [-0.25, -0.2) is 8.42 Å². The van der Waals surface area contributed by atoms with E-state index in [2.05, 4.69) is 22.4 Å². The van der Waals surface area contributed by atoms with Crippen molar-refractivity contribution in [2.24, 2.45) is 0 Å². The third kappa shape index (κ3) is 20.7. The summed E-state index contributed by atoms with van der Waals surface area (Å²) in [5, 5.41) is 0. The Hall–Kier alpha value is 0.660. The van der Waals surface area contributed by atoms with Crippen LogP contribution in [0.2, 0.25) is 0 Å². The molecular weight excluding hydrogens is 348 g/mol. The minimum absolute atomic E-state index is 0.502. The Morgan fingerprint density at radius 2 is 0.857 bits per heavy atom. The minimum Gasteiger partial charge on any atom is -0.290 e. The Morgan fingerprint density at radius 1 is 0.619 bits per heavy atom. The summed E-state index contributed by atoms with van der Waals surface area (Å²) in [4.78, 5) is 0. The molecule has 0 rings (SSSR count). The van der Waals surface area contributed by atoms with Crippen molar-refractivity contribution in [2.45, 2.75) is 57.8 Å². The van der Waals surface area contributed by atoms with Gasteiger partial charge in [0.1, 0.15) is 17.5 Å². The van der Waals surface area contributed by atoms with Gasteiger partial charge in [-0.15, -0.1) is 0 Å². The predicted molar refractivity (Wildman–Crippen MR) is 96.3 cm³/mol. The number of hydrogen-bond acceptors (Lipinski definition) is 6. The summed E-state index contributed by atoms with van der Waals surface area (Å²) in [6.45, 7) is 1.00. The molecule has 0 spiro atoms. The van der Waals surface area contributed by atoms with E-state index in [1.165, 1.54) is 44.6 Å². The largest absolute Gasteiger partial charge is 0.290 e. The fourth-order valence-corrected chi connectivity index (χ4v) is 3.11. The molecule has 2 unspecified atom stereocenters. The fourth-order valence-electron chi connectivity index (χ4n) is 1.86. The minimum atomic E-state index is -2.45. The van der Waals surface area contributed by atoms with Crippen LogP contribution in [-0.4, -0.2) is 34.1 Å². The predicted octanol–water partition coefficient (Wildman–Crippen LogP) is 3.11. The highest BCUT2D eigenvalue weighted by molar-refractivity contribution is 8.30. The molecule has 0 saturated carbocycles. The Kier molecular flexibility index (Phi) is 12.5. The lowest BCUT2D eigenvalue weighted by molar-refractivity contribution is 0.331. The van der Waals surface area contributed by atoms with Gasteiger partial charge >= 0.3 is 0 Å². The van der Waals surface area contributed by atoms with Crippen LogP contribution in [0.5, 0.6) is 0 Å². The van der Waals surface area contributed by atoms with Gasteiger partial charge in [0.05, 0.1) is 13.2 Å². The highest BCUT2D eigenvalue weighted by atomic mass is 32.8. The van der Waals surface area contributed by atoms with E-state index < -0.39 is 17.5 Å². The van der Waals surface area contributed by atoms with Crippen molar-refractivity contribution < 1.29 is 16.8 Å². The van der Waals surface area contributed by atoms with Gasteiger partial charge in [0.15, 0.2) is 0 Å². The SMILES string of the molecule is CS(=O)(=S)OCCCCCCCCCCCOS(C)(=O)=S. The summed E-state index contributed by atoms with van der Waals surface area (Å²) in [6.07, 6.45) is 13.0. The van der Waals surface area contributed by atoms with Crippen molar-refractivity contribution in [1.82, 2.24) is 0 Å². The summed E-state index contributed by atoms with van der Waals surface area (Å²) >= 11 is 9.32. The molecule has 128 valence electrons. The van der Waals surface area contributed by atoms with Crippen LogP contribution in [-0.2, 0) is 48.3 Å². The maximum Gasteiger partial charge on any atom is 0.141 e. The molecule has 2 atom stereocenters. The van der Waals surface area contributed by atoms with Crippen LogP contribution in [0.3, 0.4) is 0 Å². The smallest absolute Gasteiger partial charge is 0.141 e. The molecule has 0 aliphatic rings. The van der Waals surface area contributed by atoms with Crippen molar-refractivity contribution in [3.63, 3.8) is 0 Å². The Balaban J connectivity index is 3.16. The molecule has 0 aromatic rings. The summed E-state index contributed by atoms with van der Waals surface area (Å²) in [5.41, 5.74) is 0. The van der Waals surface area contributed by atoms with Gasteiger partial charge in [-0.1, -0.05) is 44.9 Å². The first-order chi connectivity index (χ1) is 9.71. The zero-order valence-corrected chi connectivity index (χ0v) is 16.3. The normalized spacial score (nSPS) is 17.2. The summed E-state index contributed by atoms with van der Waals surface area (Å²) in [6, 6.07) is 0. The van der Waals surface area contributed by atoms with Gasteiger partial charge in [-0.05, 0) is 12.8 Å². The molecule has 0 amide bonds. The van der Waals surface area contributed by atoms with Gasteiger partial charge in [0.25, 0.3) is 0 Å². The van der Waals surface area contributed by atoms with Crippen molar-refractivity contribution >= 4 is 39.9 Å². The van der Waals surface area contributed by atoms with Crippen LogP contribution in [0.1, 0.15) is 57.8 Å². The summed E-state index contributed by atoms with van der Waals surface area (Å²) in [5.74, 6) is 0. The molecule has 0 aromatic heterocycles. The fraction of sp³-hybridized carbons (Fsp3) is 1.00. The molecule has 0 fully saturated rings. The van der Waals surface area contributed by atoms with Crippen molar-refractivity contribution in [3.05, 3.63) is 0 Å². The molecule has 0 saturated heterocycles. The van der Waals surface area contributed by atoms with E-state index in [0.29, 0.717) is 13.2 Å². The van der Waals surface area contributed by atoms with E-state index in [-0.39, 0.29) is 0 Å². The van der Waals surface area contributed by atoms with Gasteiger partial charge in [0.2, 0.25) is 0 Å². The molecular formula is C13H28O4S4. The lowest BCUT2D eigenvalue weighted by Crippen LogP contribution is -2.02. The van der Waals surface area contributed by atoms with Crippen LogP contribution in [0.25, 0.3) is 0 Å². The second-order valence-electron chi connectivity index (χ2n) is 5.23. The van der Waals surface area contributed by atoms with Gasteiger partial charge < -0.3 is 0 Å². The van der Waals surface area contributed by atoms with Crippen LogP contribution < -0.4 is 0 Å². The van der Waals surface area contributed by atoms with E-state index >= 15 is 0 Å². The van der Waals surface area contributed by atoms with Crippen LogP contribution in [0.15, 0.2) is 0 Å². The molecule has 0 bridgehead atoms. The molecule has 0 N–H and O–H groups in total. The monoisotopic (exact) mass is 376 g/mol. The summed E-state index contributed by atoms with van der Waals surface area (Å²) < 4.78 is 32.2. The maximum atomic E-state index is 11.1. The lowest BCUT2D eigenvalue weighted by Gasteiger charge is -2.04. The Bertz CT molecular complexity index is 401. The first-order valence-corrected chi connectivity index (χ1v) is 13.0. The van der Waals surface area contributed by atoms with Gasteiger partial charge in [-0.3, -0.25) is 8.37 Å². The molecule has 21 heavy (non-hydrogen) atoms. The number of unbranched alkanes of at least 4 members (excludes halogenated alkanes) is 8. The first kappa shape index (κ1) is 21.7. The van der Waals surface area contributed by atoms with E-state index in [1.54, 1.807) is 0 Å². The summed E-state index contributed by atoms with van der Waals surface area (Å²) in [7, 11) is -4.89. The van der Waals surface area contributed by atoms with E-state index in [0.717, 1.165) is 25.7 Å². The Morgan fingerprint density at radius 3 is 1.10 bits per heavy atom. The number of rotatable bonds is 14. The Labute approximate surface area is 140 Å². The molecule has 0 heterocycles. The molecule has 0 aromatic carbocycles. The molecule has 0 aliphatic carbocycles. The molecule has 0 radical (unpaired) electrons. The standard InChI is InChI=1S/C13H28O4S4/c1-20(14,18)16-12-10-8-6-4-3-5-7-9-11-13-17-21(2,15)19/h3-13H2,1-2H3. The van der Waals surface area contributed by atoms with Gasteiger partial charge in [-0.2, -0.15) is 0 Å². The average molecular weight is 377 g/mol. The topological polar surface area (TPSA) is 52.6 Å². The molecule has 4 nitrogen and oxygen atoms in total.